The fraction of sp³-hybridized carbons (Fsp3) is 0.0500. The van der Waals surface area contributed by atoms with Crippen LogP contribution in [0.4, 0.5) is 0 Å². The molecule has 4 nitrogen and oxygen atoms in total. The van der Waals surface area contributed by atoms with Crippen LogP contribution in [0.2, 0.25) is 0 Å². The van der Waals surface area contributed by atoms with Gasteiger partial charge in [-0.25, -0.2) is 15.0 Å². The highest BCUT2D eigenvalue weighted by molar-refractivity contribution is 7.26. The summed E-state index contributed by atoms with van der Waals surface area (Å²) in [6, 6.07) is 74.2. The Kier molecular flexibility index (Phi) is 8.39. The lowest BCUT2D eigenvalue weighted by Gasteiger charge is -2.21. The van der Waals surface area contributed by atoms with E-state index in [2.05, 4.69) is 206 Å². The van der Waals surface area contributed by atoms with Crippen molar-refractivity contribution in [2.24, 2.45) is 0 Å². The molecule has 0 atom stereocenters. The molecule has 0 bridgehead atoms. The molecule has 5 heteroatoms. The largest absolute Gasteiger partial charge is 0.309 e. The van der Waals surface area contributed by atoms with Gasteiger partial charge >= 0.3 is 0 Å². The maximum Gasteiger partial charge on any atom is 0.164 e. The molecule has 1 aliphatic carbocycles. The highest BCUT2D eigenvalue weighted by Gasteiger charge is 2.36. The molecule has 0 amide bonds. The van der Waals surface area contributed by atoms with Crippen LogP contribution in [-0.4, -0.2) is 19.5 Å². The Balaban J connectivity index is 1.03. The third kappa shape index (κ3) is 6.00. The average Bonchev–Trinajstić information content (AvgIpc) is 3.98. The first kappa shape index (κ1) is 37.6. The minimum absolute atomic E-state index is 0.113. The van der Waals surface area contributed by atoms with E-state index in [-0.39, 0.29) is 5.41 Å². The molecule has 3 heterocycles. The summed E-state index contributed by atoms with van der Waals surface area (Å²) in [5.41, 5.74) is 16.2. The third-order valence-electron chi connectivity index (χ3n) is 13.4. The summed E-state index contributed by atoms with van der Waals surface area (Å²) in [5, 5.41) is 4.84. The molecule has 0 saturated carbocycles. The number of thiophene rings is 1. The monoisotopic (exact) mass is 848 g/mol. The molecule has 9 aromatic carbocycles. The van der Waals surface area contributed by atoms with E-state index in [1.807, 2.05) is 29.5 Å². The lowest BCUT2D eigenvalue weighted by Crippen LogP contribution is -2.14. The summed E-state index contributed by atoms with van der Waals surface area (Å²) in [5.74, 6) is 1.91. The molecule has 13 rings (SSSR count). The van der Waals surface area contributed by atoms with Crippen LogP contribution in [0.3, 0.4) is 0 Å². The fourth-order valence-corrected chi connectivity index (χ4v) is 11.4. The van der Waals surface area contributed by atoms with Gasteiger partial charge in [0.25, 0.3) is 0 Å². The van der Waals surface area contributed by atoms with Crippen molar-refractivity contribution in [3.63, 3.8) is 0 Å². The van der Waals surface area contributed by atoms with Crippen LogP contribution in [0.1, 0.15) is 25.0 Å². The summed E-state index contributed by atoms with van der Waals surface area (Å²) in [4.78, 5) is 15.9. The van der Waals surface area contributed by atoms with E-state index in [4.69, 9.17) is 15.0 Å². The highest BCUT2D eigenvalue weighted by Crippen LogP contribution is 2.51. The van der Waals surface area contributed by atoms with Gasteiger partial charge in [-0.2, -0.15) is 0 Å². The molecule has 306 valence electrons. The molecule has 0 N–H and O–H groups in total. The number of hydrogen-bond donors (Lipinski definition) is 0. The van der Waals surface area contributed by atoms with Crippen LogP contribution in [0, 0.1) is 0 Å². The summed E-state index contributed by atoms with van der Waals surface area (Å²) in [6.07, 6.45) is 0. The normalized spacial score (nSPS) is 12.9. The van der Waals surface area contributed by atoms with E-state index in [0.717, 1.165) is 50.0 Å². The van der Waals surface area contributed by atoms with E-state index in [1.54, 1.807) is 0 Å². The molecule has 0 radical (unpaired) electrons. The van der Waals surface area contributed by atoms with Gasteiger partial charge < -0.3 is 4.57 Å². The predicted molar refractivity (Wildman–Crippen MR) is 272 cm³/mol. The first-order valence-corrected chi connectivity index (χ1v) is 23.0. The molecular weight excluding hydrogens is 809 g/mol. The van der Waals surface area contributed by atoms with E-state index in [9.17, 15) is 0 Å². The Labute approximate surface area is 380 Å². The number of benzene rings is 9. The van der Waals surface area contributed by atoms with Crippen LogP contribution in [0.15, 0.2) is 206 Å². The van der Waals surface area contributed by atoms with Gasteiger partial charge in [0.05, 0.1) is 11.0 Å². The lowest BCUT2D eigenvalue weighted by molar-refractivity contribution is 0.661. The van der Waals surface area contributed by atoms with E-state index >= 15 is 0 Å². The van der Waals surface area contributed by atoms with Crippen LogP contribution in [0.5, 0.6) is 0 Å². The molecule has 0 unspecified atom stereocenters. The maximum atomic E-state index is 5.40. The molecule has 0 fully saturated rings. The van der Waals surface area contributed by atoms with Crippen molar-refractivity contribution in [2.75, 3.05) is 0 Å². The zero-order chi connectivity index (χ0) is 43.2. The second-order valence-electron chi connectivity index (χ2n) is 17.6. The number of rotatable bonds is 6. The predicted octanol–water partition coefficient (Wildman–Crippen LogP) is 16.0. The first-order chi connectivity index (χ1) is 32.0. The minimum Gasteiger partial charge on any atom is -0.309 e. The van der Waals surface area contributed by atoms with Gasteiger partial charge in [-0.15, -0.1) is 11.3 Å². The van der Waals surface area contributed by atoms with Gasteiger partial charge in [-0.1, -0.05) is 159 Å². The molecule has 0 saturated heterocycles. The second-order valence-corrected chi connectivity index (χ2v) is 18.7. The first-order valence-electron chi connectivity index (χ1n) is 22.2. The Bertz CT molecular complexity index is 3790. The van der Waals surface area contributed by atoms with Crippen LogP contribution >= 0.6 is 11.3 Å². The van der Waals surface area contributed by atoms with Crippen molar-refractivity contribution >= 4 is 53.3 Å². The van der Waals surface area contributed by atoms with Crippen LogP contribution in [-0.2, 0) is 5.41 Å². The topological polar surface area (TPSA) is 43.6 Å². The zero-order valence-corrected chi connectivity index (χ0v) is 36.6. The Morgan fingerprint density at radius 1 is 0.369 bits per heavy atom. The van der Waals surface area contributed by atoms with Crippen LogP contribution in [0.25, 0.3) is 115 Å². The summed E-state index contributed by atoms with van der Waals surface area (Å²) in [7, 11) is 0. The van der Waals surface area contributed by atoms with Gasteiger partial charge in [0.1, 0.15) is 0 Å². The maximum absolute atomic E-state index is 5.40. The smallest absolute Gasteiger partial charge is 0.164 e. The van der Waals surface area contributed by atoms with Gasteiger partial charge in [0.15, 0.2) is 17.5 Å². The SMILES string of the molecule is CC1(C)c2ccccc2-c2cc3c4ccccc4n(-c4ccc5sc6cccc(-c7nc(-c8ccccc8)nc(-c8cc(-c9ccccc9)cc(-c9ccccc9)c8)n7)c6c5c4)c3cc21. The average molecular weight is 849 g/mol. The van der Waals surface area contributed by atoms with Crippen molar-refractivity contribution in [2.45, 2.75) is 19.3 Å². The number of aromatic nitrogens is 4. The Morgan fingerprint density at radius 2 is 0.969 bits per heavy atom. The van der Waals surface area contributed by atoms with Gasteiger partial charge in [-0.05, 0) is 105 Å². The van der Waals surface area contributed by atoms with Crippen molar-refractivity contribution in [1.82, 2.24) is 19.5 Å². The molecule has 0 spiro atoms. The minimum atomic E-state index is -0.113. The Morgan fingerprint density at radius 3 is 1.71 bits per heavy atom. The number of fused-ring (bicyclic) bond motifs is 9. The van der Waals surface area contributed by atoms with Crippen molar-refractivity contribution in [3.05, 3.63) is 217 Å². The molecule has 1 aliphatic rings. The number of nitrogens with zero attached hydrogens (tertiary/aromatic N) is 4. The number of para-hydroxylation sites is 1. The fourth-order valence-electron chi connectivity index (χ4n) is 10.3. The molecule has 3 aromatic heterocycles. The number of hydrogen-bond acceptors (Lipinski definition) is 4. The van der Waals surface area contributed by atoms with Gasteiger partial charge in [-0.3, -0.25) is 0 Å². The Hall–Kier alpha value is -7.99. The van der Waals surface area contributed by atoms with Crippen molar-refractivity contribution < 1.29 is 0 Å². The summed E-state index contributed by atoms with van der Waals surface area (Å²) < 4.78 is 4.87. The molecule has 0 aliphatic heterocycles. The van der Waals surface area contributed by atoms with E-state index in [1.165, 1.54) is 58.8 Å². The highest BCUT2D eigenvalue weighted by atomic mass is 32.1. The standard InChI is InChI=1S/C60H40N4S/c1-60(2)50-26-14-12-23-44(50)47-35-48-45-24-13-15-27-52(45)64(53(48)36-51(47)60)43-29-30-54-49(34-43)56-46(25-16-28-55(56)65-54)59-62-57(39-21-10-5-11-22-39)61-58(63-59)42-32-40(37-17-6-3-7-18-37)31-41(33-42)38-19-8-4-9-20-38/h3-36H,1-2H3. The van der Waals surface area contributed by atoms with Crippen molar-refractivity contribution in [1.29, 1.82) is 0 Å². The van der Waals surface area contributed by atoms with E-state index in [0.29, 0.717) is 17.5 Å². The third-order valence-corrected chi connectivity index (χ3v) is 14.6. The van der Waals surface area contributed by atoms with Crippen LogP contribution < -0.4 is 0 Å². The van der Waals surface area contributed by atoms with E-state index < -0.39 is 0 Å². The van der Waals surface area contributed by atoms with Gasteiger partial charge in [0.2, 0.25) is 0 Å². The van der Waals surface area contributed by atoms with Crippen molar-refractivity contribution in [3.8, 4) is 73.2 Å². The summed E-state index contributed by atoms with van der Waals surface area (Å²) in [6.45, 7) is 4.72. The molecule has 65 heavy (non-hydrogen) atoms. The van der Waals surface area contributed by atoms with Gasteiger partial charge in [0, 0.05) is 58.7 Å². The molecular formula is C60H40N4S. The molecule has 12 aromatic rings. The quantitative estimate of drug-likeness (QED) is 0.167. The second kappa shape index (κ2) is 14.5. The summed E-state index contributed by atoms with van der Waals surface area (Å²) >= 11 is 1.81. The zero-order valence-electron chi connectivity index (χ0n) is 35.8. The lowest BCUT2D eigenvalue weighted by atomic mass is 9.82.